The van der Waals surface area contributed by atoms with E-state index in [4.69, 9.17) is 0 Å². The number of hydrogen-bond acceptors (Lipinski definition) is 3. The van der Waals surface area contributed by atoms with Crippen LogP contribution in [-0.2, 0) is 0 Å². The van der Waals surface area contributed by atoms with Crippen molar-refractivity contribution in [3.05, 3.63) is 18.7 Å². The van der Waals surface area contributed by atoms with Gasteiger partial charge in [0.05, 0.1) is 6.20 Å². The zero-order chi connectivity index (χ0) is 8.24. The van der Waals surface area contributed by atoms with E-state index < -0.39 is 0 Å². The fourth-order valence-electron chi connectivity index (χ4n) is 0.205. The van der Waals surface area contributed by atoms with Crippen LogP contribution in [0.15, 0.2) is 18.7 Å². The zero-order valence-electron chi connectivity index (χ0n) is 7.07. The van der Waals surface area contributed by atoms with Crippen LogP contribution >= 0.6 is 0 Å². The Labute approximate surface area is 62.5 Å². The summed E-state index contributed by atoms with van der Waals surface area (Å²) in [5, 5.41) is 6.90. The first-order valence-corrected chi connectivity index (χ1v) is 3.57. The summed E-state index contributed by atoms with van der Waals surface area (Å²) in [5.41, 5.74) is 0. The maximum atomic E-state index is 3.61. The van der Waals surface area contributed by atoms with Gasteiger partial charge in [0.2, 0.25) is 0 Å². The molecule has 3 nitrogen and oxygen atoms in total. The fourth-order valence-corrected chi connectivity index (χ4v) is 0.205. The van der Waals surface area contributed by atoms with Crippen LogP contribution in [0.2, 0.25) is 0 Å². The molecule has 0 aromatic carbocycles. The summed E-state index contributed by atoms with van der Waals surface area (Å²) in [5.74, 6) is 0. The fraction of sp³-hybridized carbons (Fsp3) is 0.571. The van der Waals surface area contributed by atoms with Crippen molar-refractivity contribution in [2.24, 2.45) is 0 Å². The minimum Gasteiger partial charge on any atom is -0.241 e. The van der Waals surface area contributed by atoms with Crippen LogP contribution in [0.4, 0.5) is 0 Å². The summed E-state index contributed by atoms with van der Waals surface area (Å²) < 4.78 is 0. The van der Waals surface area contributed by atoms with Gasteiger partial charge in [-0.2, -0.15) is 5.10 Å². The molecule has 0 fully saturated rings. The van der Waals surface area contributed by atoms with E-state index in [0.29, 0.717) is 0 Å². The summed E-state index contributed by atoms with van der Waals surface area (Å²) in [6.07, 6.45) is 4.49. The van der Waals surface area contributed by atoms with Crippen molar-refractivity contribution in [3.63, 3.8) is 0 Å². The third-order valence-electron chi connectivity index (χ3n) is 0.404. The molecule has 58 valence electrons. The standard InChI is InChI=1S/C3H3N3.2C2H6/c1-2-5-6-3-4-1;2*1-2/h1-3H;2*1-2H3. The lowest BCUT2D eigenvalue weighted by Gasteiger charge is -1.69. The van der Waals surface area contributed by atoms with Crippen LogP contribution in [0, 0.1) is 0 Å². The van der Waals surface area contributed by atoms with E-state index in [1.54, 1.807) is 6.20 Å². The Bertz CT molecular complexity index is 80.8. The first kappa shape index (κ1) is 11.8. The Kier molecular flexibility index (Phi) is 18.4. The molecule has 0 N–H and O–H groups in total. The van der Waals surface area contributed by atoms with E-state index in [9.17, 15) is 0 Å². The van der Waals surface area contributed by atoms with Crippen LogP contribution < -0.4 is 0 Å². The molecule has 0 aliphatic rings. The van der Waals surface area contributed by atoms with Gasteiger partial charge in [-0.1, -0.05) is 27.7 Å². The minimum atomic E-state index is 1.39. The van der Waals surface area contributed by atoms with Crippen molar-refractivity contribution < 1.29 is 0 Å². The van der Waals surface area contributed by atoms with Crippen LogP contribution in [0.1, 0.15) is 27.7 Å². The molecule has 0 bridgehead atoms. The molecule has 0 unspecified atom stereocenters. The highest BCUT2D eigenvalue weighted by atomic mass is 15.1. The first-order chi connectivity index (χ1) is 5.00. The van der Waals surface area contributed by atoms with E-state index >= 15 is 0 Å². The highest BCUT2D eigenvalue weighted by Gasteiger charge is 1.60. The molecule has 0 aliphatic carbocycles. The van der Waals surface area contributed by atoms with Crippen molar-refractivity contribution >= 4 is 0 Å². The van der Waals surface area contributed by atoms with Gasteiger partial charge in [-0.05, 0) is 0 Å². The van der Waals surface area contributed by atoms with Crippen LogP contribution in [0.5, 0.6) is 0 Å². The number of rotatable bonds is 0. The van der Waals surface area contributed by atoms with Gasteiger partial charge < -0.3 is 0 Å². The number of nitrogens with zero attached hydrogens (tertiary/aromatic N) is 3. The molecular weight excluding hydrogens is 126 g/mol. The summed E-state index contributed by atoms with van der Waals surface area (Å²) >= 11 is 0. The summed E-state index contributed by atoms with van der Waals surface area (Å²) in [7, 11) is 0. The third kappa shape index (κ3) is 10.1. The van der Waals surface area contributed by atoms with Gasteiger partial charge in [0.1, 0.15) is 6.33 Å². The average Bonchev–Trinajstić information content (AvgIpc) is 2.14. The van der Waals surface area contributed by atoms with Crippen LogP contribution in [-0.4, -0.2) is 15.2 Å². The summed E-state index contributed by atoms with van der Waals surface area (Å²) in [4.78, 5) is 3.61. The predicted molar refractivity (Wildman–Crippen MR) is 42.5 cm³/mol. The van der Waals surface area contributed by atoms with Gasteiger partial charge in [0, 0.05) is 6.20 Å². The monoisotopic (exact) mass is 141 g/mol. The largest absolute Gasteiger partial charge is 0.241 e. The van der Waals surface area contributed by atoms with Crippen molar-refractivity contribution in [1.29, 1.82) is 0 Å². The Hall–Kier alpha value is -0.990. The highest BCUT2D eigenvalue weighted by molar-refractivity contribution is 4.59. The lowest BCUT2D eigenvalue weighted by atomic mass is 10.9. The van der Waals surface area contributed by atoms with Crippen LogP contribution in [0.25, 0.3) is 0 Å². The summed E-state index contributed by atoms with van der Waals surface area (Å²) in [6, 6.07) is 0. The van der Waals surface area contributed by atoms with Gasteiger partial charge in [0.15, 0.2) is 0 Å². The van der Waals surface area contributed by atoms with E-state index in [1.165, 1.54) is 12.5 Å². The van der Waals surface area contributed by atoms with E-state index in [2.05, 4.69) is 15.2 Å². The van der Waals surface area contributed by atoms with Crippen molar-refractivity contribution in [1.82, 2.24) is 15.2 Å². The van der Waals surface area contributed by atoms with Crippen molar-refractivity contribution in [2.75, 3.05) is 0 Å². The SMILES string of the molecule is CC.CC.c1cnncn1. The second kappa shape index (κ2) is 15.7. The molecular formula is C7H15N3. The van der Waals surface area contributed by atoms with Crippen molar-refractivity contribution in [3.8, 4) is 0 Å². The molecule has 3 heteroatoms. The minimum absolute atomic E-state index is 1.39. The highest BCUT2D eigenvalue weighted by Crippen LogP contribution is 1.59. The van der Waals surface area contributed by atoms with Gasteiger partial charge >= 0.3 is 0 Å². The molecule has 1 rings (SSSR count). The molecule has 10 heavy (non-hydrogen) atoms. The Morgan fingerprint density at radius 2 is 1.40 bits per heavy atom. The van der Waals surface area contributed by atoms with E-state index in [1.807, 2.05) is 27.7 Å². The quantitative estimate of drug-likeness (QED) is 0.554. The third-order valence-corrected chi connectivity index (χ3v) is 0.404. The smallest absolute Gasteiger partial charge is 0.138 e. The predicted octanol–water partition coefficient (Wildman–Crippen LogP) is 1.92. The molecule has 0 saturated heterocycles. The van der Waals surface area contributed by atoms with Gasteiger partial charge in [-0.3, -0.25) is 0 Å². The maximum Gasteiger partial charge on any atom is 0.138 e. The number of aromatic nitrogens is 3. The van der Waals surface area contributed by atoms with Crippen LogP contribution in [0.3, 0.4) is 0 Å². The van der Waals surface area contributed by atoms with Gasteiger partial charge in [-0.25, -0.2) is 4.98 Å². The molecule has 0 atom stereocenters. The second-order valence-electron chi connectivity index (χ2n) is 0.794. The lowest BCUT2D eigenvalue weighted by molar-refractivity contribution is 0.969. The average molecular weight is 141 g/mol. The van der Waals surface area contributed by atoms with Gasteiger partial charge in [0.25, 0.3) is 0 Å². The topological polar surface area (TPSA) is 38.7 Å². The molecule has 1 aromatic rings. The van der Waals surface area contributed by atoms with E-state index in [0.717, 1.165) is 0 Å². The number of hydrogen-bond donors (Lipinski definition) is 0. The lowest BCUT2D eigenvalue weighted by Crippen LogP contribution is -1.75. The maximum absolute atomic E-state index is 3.61. The zero-order valence-corrected chi connectivity index (χ0v) is 7.07. The molecule has 1 heterocycles. The Morgan fingerprint density at radius 1 is 0.800 bits per heavy atom. The molecule has 1 aromatic heterocycles. The molecule has 0 radical (unpaired) electrons. The Morgan fingerprint density at radius 3 is 1.50 bits per heavy atom. The normalized spacial score (nSPS) is 6.00. The second-order valence-corrected chi connectivity index (χ2v) is 0.794. The Balaban J connectivity index is 0. The molecule has 0 spiro atoms. The molecule has 0 saturated carbocycles. The van der Waals surface area contributed by atoms with Gasteiger partial charge in [-0.15, -0.1) is 5.10 Å². The van der Waals surface area contributed by atoms with Crippen molar-refractivity contribution in [2.45, 2.75) is 27.7 Å². The van der Waals surface area contributed by atoms with E-state index in [-0.39, 0.29) is 0 Å². The molecule has 0 amide bonds. The molecule has 0 aliphatic heterocycles. The first-order valence-electron chi connectivity index (χ1n) is 3.57. The summed E-state index contributed by atoms with van der Waals surface area (Å²) in [6.45, 7) is 8.00.